The summed E-state index contributed by atoms with van der Waals surface area (Å²) in [6, 6.07) is 7.43. The second-order valence-corrected chi connectivity index (χ2v) is 4.76. The highest BCUT2D eigenvalue weighted by atomic mass is 16.6. The van der Waals surface area contributed by atoms with Crippen LogP contribution in [0.15, 0.2) is 24.3 Å². The summed E-state index contributed by atoms with van der Waals surface area (Å²) >= 11 is 0. The molecule has 1 N–H and O–H groups in total. The van der Waals surface area contributed by atoms with E-state index in [4.69, 9.17) is 0 Å². The van der Waals surface area contributed by atoms with Crippen LogP contribution in [-0.4, -0.2) is 42.0 Å². The molecule has 18 heavy (non-hydrogen) atoms. The van der Waals surface area contributed by atoms with Crippen LogP contribution in [0, 0.1) is 10.1 Å². The summed E-state index contributed by atoms with van der Waals surface area (Å²) in [4.78, 5) is 12.6. The van der Waals surface area contributed by atoms with Crippen molar-refractivity contribution in [2.45, 2.75) is 19.4 Å². The molecule has 5 heteroatoms. The molecular formula is C13H19N3O2. The van der Waals surface area contributed by atoms with Crippen LogP contribution in [0.4, 0.5) is 5.69 Å². The van der Waals surface area contributed by atoms with Gasteiger partial charge in [0.1, 0.15) is 0 Å². The fourth-order valence-corrected chi connectivity index (χ4v) is 2.27. The minimum atomic E-state index is -0.359. The van der Waals surface area contributed by atoms with Gasteiger partial charge in [-0.3, -0.25) is 15.0 Å². The molecule has 0 spiro atoms. The molecule has 0 amide bonds. The molecule has 1 aromatic rings. The Morgan fingerprint density at radius 2 is 2.17 bits per heavy atom. The van der Waals surface area contributed by atoms with Crippen molar-refractivity contribution in [3.63, 3.8) is 0 Å². The summed E-state index contributed by atoms with van der Waals surface area (Å²) in [6.07, 6.45) is 0.947. The molecule has 1 atom stereocenters. The van der Waals surface area contributed by atoms with Gasteiger partial charge in [-0.15, -0.1) is 0 Å². The summed E-state index contributed by atoms with van der Waals surface area (Å²) in [5.74, 6) is 0. The number of nitro benzene ring substituents is 1. The van der Waals surface area contributed by atoms with E-state index < -0.39 is 0 Å². The monoisotopic (exact) mass is 249 g/mol. The van der Waals surface area contributed by atoms with Crippen LogP contribution in [0.1, 0.15) is 12.5 Å². The van der Waals surface area contributed by atoms with Crippen LogP contribution in [0.25, 0.3) is 0 Å². The minimum Gasteiger partial charge on any atom is -0.314 e. The Morgan fingerprint density at radius 1 is 1.44 bits per heavy atom. The zero-order valence-electron chi connectivity index (χ0n) is 10.6. The van der Waals surface area contributed by atoms with Gasteiger partial charge in [0.15, 0.2) is 0 Å². The second-order valence-electron chi connectivity index (χ2n) is 4.76. The highest BCUT2D eigenvalue weighted by molar-refractivity contribution is 5.32. The molecule has 1 aliphatic heterocycles. The van der Waals surface area contributed by atoms with E-state index in [1.54, 1.807) is 12.1 Å². The Labute approximate surface area is 107 Å². The van der Waals surface area contributed by atoms with E-state index in [1.807, 2.05) is 12.1 Å². The van der Waals surface area contributed by atoms with Gasteiger partial charge in [-0.05, 0) is 18.9 Å². The Balaban J connectivity index is 1.87. The predicted molar refractivity (Wildman–Crippen MR) is 70.7 cm³/mol. The molecule has 1 unspecified atom stereocenters. The lowest BCUT2D eigenvalue weighted by Crippen LogP contribution is -2.50. The summed E-state index contributed by atoms with van der Waals surface area (Å²) < 4.78 is 0. The van der Waals surface area contributed by atoms with Crippen LogP contribution in [0.5, 0.6) is 0 Å². The number of hydrogen-bond acceptors (Lipinski definition) is 4. The van der Waals surface area contributed by atoms with E-state index >= 15 is 0 Å². The smallest absolute Gasteiger partial charge is 0.269 e. The lowest BCUT2D eigenvalue weighted by atomic mass is 10.1. The fourth-order valence-electron chi connectivity index (χ4n) is 2.27. The van der Waals surface area contributed by atoms with Crippen LogP contribution in [-0.2, 0) is 6.42 Å². The maximum Gasteiger partial charge on any atom is 0.269 e. The van der Waals surface area contributed by atoms with E-state index in [9.17, 15) is 10.1 Å². The van der Waals surface area contributed by atoms with Gasteiger partial charge >= 0.3 is 0 Å². The maximum atomic E-state index is 10.6. The molecule has 5 nitrogen and oxygen atoms in total. The molecule has 1 heterocycles. The Morgan fingerprint density at radius 3 is 2.78 bits per heavy atom. The van der Waals surface area contributed by atoms with Crippen molar-refractivity contribution in [3.8, 4) is 0 Å². The van der Waals surface area contributed by atoms with Gasteiger partial charge < -0.3 is 5.32 Å². The van der Waals surface area contributed by atoms with E-state index in [0.717, 1.165) is 38.2 Å². The van der Waals surface area contributed by atoms with E-state index in [0.29, 0.717) is 6.04 Å². The van der Waals surface area contributed by atoms with Gasteiger partial charge in [0.25, 0.3) is 5.69 Å². The van der Waals surface area contributed by atoms with E-state index in [2.05, 4.69) is 17.1 Å². The molecule has 1 aliphatic rings. The molecule has 1 fully saturated rings. The Bertz CT molecular complexity index is 405. The third-order valence-corrected chi connectivity index (χ3v) is 3.47. The SMILES string of the molecule is CC1CNCCN1CCc1ccc([N+](=O)[O-])cc1. The maximum absolute atomic E-state index is 10.6. The van der Waals surface area contributed by atoms with Crippen molar-refractivity contribution in [2.24, 2.45) is 0 Å². The lowest BCUT2D eigenvalue weighted by Gasteiger charge is -2.33. The van der Waals surface area contributed by atoms with Crippen molar-refractivity contribution in [2.75, 3.05) is 26.2 Å². The van der Waals surface area contributed by atoms with Crippen molar-refractivity contribution >= 4 is 5.69 Å². The molecule has 0 saturated carbocycles. The zero-order valence-corrected chi connectivity index (χ0v) is 10.6. The molecule has 2 rings (SSSR count). The standard InChI is InChI=1S/C13H19N3O2/c1-11-10-14-7-9-15(11)8-6-12-2-4-13(5-3-12)16(17)18/h2-5,11,14H,6-10H2,1H3. The number of non-ortho nitro benzene ring substituents is 1. The van der Waals surface area contributed by atoms with Crippen LogP contribution >= 0.6 is 0 Å². The molecular weight excluding hydrogens is 230 g/mol. The van der Waals surface area contributed by atoms with Crippen molar-refractivity contribution in [1.82, 2.24) is 10.2 Å². The second kappa shape index (κ2) is 5.93. The molecule has 1 aromatic carbocycles. The Hall–Kier alpha value is -1.46. The largest absolute Gasteiger partial charge is 0.314 e. The van der Waals surface area contributed by atoms with Crippen LogP contribution in [0.2, 0.25) is 0 Å². The number of nitro groups is 1. The number of benzene rings is 1. The fraction of sp³-hybridized carbons (Fsp3) is 0.538. The minimum absolute atomic E-state index is 0.161. The average molecular weight is 249 g/mol. The van der Waals surface area contributed by atoms with Gasteiger partial charge in [0.2, 0.25) is 0 Å². The van der Waals surface area contributed by atoms with E-state index in [1.165, 1.54) is 0 Å². The molecule has 0 radical (unpaired) electrons. The number of hydrogen-bond donors (Lipinski definition) is 1. The third-order valence-electron chi connectivity index (χ3n) is 3.47. The summed E-state index contributed by atoms with van der Waals surface area (Å²) in [6.45, 7) is 6.40. The highest BCUT2D eigenvalue weighted by Crippen LogP contribution is 2.13. The topological polar surface area (TPSA) is 58.4 Å². The first-order chi connectivity index (χ1) is 8.66. The van der Waals surface area contributed by atoms with Crippen LogP contribution in [0.3, 0.4) is 0 Å². The van der Waals surface area contributed by atoms with Gasteiger partial charge in [0, 0.05) is 44.4 Å². The normalized spacial score (nSPS) is 20.8. The third kappa shape index (κ3) is 3.27. The lowest BCUT2D eigenvalue weighted by molar-refractivity contribution is -0.384. The summed E-state index contributed by atoms with van der Waals surface area (Å²) in [5, 5.41) is 13.9. The van der Waals surface area contributed by atoms with Gasteiger partial charge in [-0.1, -0.05) is 12.1 Å². The summed E-state index contributed by atoms with van der Waals surface area (Å²) in [7, 11) is 0. The molecule has 0 bridgehead atoms. The van der Waals surface area contributed by atoms with Crippen LogP contribution < -0.4 is 5.32 Å². The van der Waals surface area contributed by atoms with Gasteiger partial charge in [-0.2, -0.15) is 0 Å². The number of nitrogens with one attached hydrogen (secondary N) is 1. The van der Waals surface area contributed by atoms with E-state index in [-0.39, 0.29) is 10.6 Å². The number of nitrogens with zero attached hydrogens (tertiary/aromatic N) is 2. The first-order valence-corrected chi connectivity index (χ1v) is 6.35. The predicted octanol–water partition coefficient (Wildman–Crippen LogP) is 1.43. The van der Waals surface area contributed by atoms with Crippen molar-refractivity contribution in [1.29, 1.82) is 0 Å². The Kier molecular flexibility index (Phi) is 4.28. The quantitative estimate of drug-likeness (QED) is 0.648. The zero-order chi connectivity index (χ0) is 13.0. The number of rotatable bonds is 4. The van der Waals surface area contributed by atoms with Crippen molar-refractivity contribution in [3.05, 3.63) is 39.9 Å². The molecule has 98 valence electrons. The molecule has 1 saturated heterocycles. The first-order valence-electron chi connectivity index (χ1n) is 6.35. The van der Waals surface area contributed by atoms with Gasteiger partial charge in [-0.25, -0.2) is 0 Å². The molecule has 0 aliphatic carbocycles. The van der Waals surface area contributed by atoms with Gasteiger partial charge in [0.05, 0.1) is 4.92 Å². The highest BCUT2D eigenvalue weighted by Gasteiger charge is 2.17. The average Bonchev–Trinajstić information content (AvgIpc) is 2.38. The molecule has 0 aromatic heterocycles. The first kappa shape index (κ1) is 13.0. The van der Waals surface area contributed by atoms with Crippen molar-refractivity contribution < 1.29 is 4.92 Å². The summed E-state index contributed by atoms with van der Waals surface area (Å²) in [5.41, 5.74) is 1.32. The number of piperazine rings is 1.